The highest BCUT2D eigenvalue weighted by Gasteiger charge is 2.34. The van der Waals surface area contributed by atoms with Crippen LogP contribution in [0.25, 0.3) is 0 Å². The van der Waals surface area contributed by atoms with Crippen LogP contribution in [-0.4, -0.2) is 80.2 Å². The number of carbonyl (C=O) groups excluding carboxylic acids is 2. The zero-order valence-electron chi connectivity index (χ0n) is 21.8. The molecule has 0 unspecified atom stereocenters. The number of fused-ring (bicyclic) bond motifs is 1. The molecule has 0 spiro atoms. The van der Waals surface area contributed by atoms with Crippen LogP contribution in [0.4, 0.5) is 10.5 Å². The van der Waals surface area contributed by atoms with Crippen LogP contribution < -0.4 is 14.8 Å². The van der Waals surface area contributed by atoms with Crippen molar-refractivity contribution >= 4 is 27.6 Å². The standard InChI is InChI=1S/C26H36N4O6S/c1-17(2)27-26(33)29(5)15-24-18(3)14-30(19(4)16-31)25(32)22-13-20(11-12-23(22)36-24)28-37(34,35)21-9-7-6-8-10-21/h6-13,17-19,24,28,31H,14-16H2,1-5H3,(H,27,33)/t18-,19-,24-/m0/s1. The molecule has 10 nitrogen and oxygen atoms in total. The van der Waals surface area contributed by atoms with Crippen LogP contribution in [0.3, 0.4) is 0 Å². The van der Waals surface area contributed by atoms with Crippen LogP contribution in [0.15, 0.2) is 53.4 Å². The van der Waals surface area contributed by atoms with E-state index < -0.39 is 22.2 Å². The van der Waals surface area contributed by atoms with Crippen molar-refractivity contribution in [3.8, 4) is 5.75 Å². The lowest BCUT2D eigenvalue weighted by Crippen LogP contribution is -2.51. The number of rotatable bonds is 8. The van der Waals surface area contributed by atoms with Gasteiger partial charge < -0.3 is 25.0 Å². The fourth-order valence-corrected chi connectivity index (χ4v) is 5.10. The summed E-state index contributed by atoms with van der Waals surface area (Å²) in [5.41, 5.74) is 0.370. The predicted octanol–water partition coefficient (Wildman–Crippen LogP) is 2.76. The van der Waals surface area contributed by atoms with E-state index >= 15 is 0 Å². The number of likely N-dealkylation sites (N-methyl/N-ethyl adjacent to an activating group) is 1. The Morgan fingerprint density at radius 3 is 2.49 bits per heavy atom. The van der Waals surface area contributed by atoms with E-state index in [1.54, 1.807) is 43.1 Å². The molecular weight excluding hydrogens is 496 g/mol. The zero-order valence-corrected chi connectivity index (χ0v) is 22.7. The molecule has 0 aromatic heterocycles. The molecule has 3 rings (SSSR count). The zero-order chi connectivity index (χ0) is 27.3. The summed E-state index contributed by atoms with van der Waals surface area (Å²) < 4.78 is 34.5. The molecule has 0 saturated carbocycles. The molecule has 1 aliphatic heterocycles. The maximum absolute atomic E-state index is 13.6. The monoisotopic (exact) mass is 532 g/mol. The average molecular weight is 533 g/mol. The number of carbonyl (C=O) groups is 2. The third kappa shape index (κ3) is 6.92. The van der Waals surface area contributed by atoms with Crippen LogP contribution in [0.2, 0.25) is 0 Å². The quantitative estimate of drug-likeness (QED) is 0.480. The van der Waals surface area contributed by atoms with Crippen LogP contribution in [0, 0.1) is 5.92 Å². The van der Waals surface area contributed by atoms with E-state index in [1.165, 1.54) is 29.2 Å². The van der Waals surface area contributed by atoms with Gasteiger partial charge in [-0.25, -0.2) is 13.2 Å². The van der Waals surface area contributed by atoms with E-state index in [9.17, 15) is 23.1 Å². The third-order valence-electron chi connectivity index (χ3n) is 6.18. The molecule has 1 aliphatic rings. The number of urea groups is 1. The smallest absolute Gasteiger partial charge is 0.317 e. The number of sulfonamides is 1. The summed E-state index contributed by atoms with van der Waals surface area (Å²) in [5.74, 6) is -0.276. The third-order valence-corrected chi connectivity index (χ3v) is 7.58. The van der Waals surface area contributed by atoms with Crippen molar-refractivity contribution < 1.29 is 27.9 Å². The van der Waals surface area contributed by atoms with E-state index in [-0.39, 0.29) is 65.5 Å². The van der Waals surface area contributed by atoms with Gasteiger partial charge in [-0.1, -0.05) is 25.1 Å². The van der Waals surface area contributed by atoms with E-state index in [0.717, 1.165) is 0 Å². The highest BCUT2D eigenvalue weighted by atomic mass is 32.2. The summed E-state index contributed by atoms with van der Waals surface area (Å²) in [5, 5.41) is 12.7. The minimum atomic E-state index is -3.87. The number of nitrogens with one attached hydrogen (secondary N) is 2. The summed E-state index contributed by atoms with van der Waals surface area (Å²) in [6, 6.07) is 11.7. The Labute approximate surface area is 218 Å². The maximum Gasteiger partial charge on any atom is 0.317 e. The molecule has 2 aromatic carbocycles. The fourth-order valence-electron chi connectivity index (χ4n) is 4.03. The molecule has 11 heteroatoms. The Balaban J connectivity index is 1.96. The lowest BCUT2D eigenvalue weighted by Gasteiger charge is -2.38. The number of anilines is 1. The number of hydrogen-bond acceptors (Lipinski definition) is 6. The molecule has 3 atom stereocenters. The lowest BCUT2D eigenvalue weighted by atomic mass is 9.99. The number of aliphatic hydroxyl groups is 1. The minimum absolute atomic E-state index is 0.0250. The van der Waals surface area contributed by atoms with Gasteiger partial charge >= 0.3 is 6.03 Å². The van der Waals surface area contributed by atoms with Crippen molar-refractivity contribution in [2.75, 3.05) is 31.5 Å². The van der Waals surface area contributed by atoms with Gasteiger partial charge in [-0.05, 0) is 51.1 Å². The molecule has 202 valence electrons. The number of amides is 3. The summed E-state index contributed by atoms with van der Waals surface area (Å²) >= 11 is 0. The first kappa shape index (κ1) is 28.3. The summed E-state index contributed by atoms with van der Waals surface area (Å²) in [6.07, 6.45) is -0.463. The van der Waals surface area contributed by atoms with Gasteiger partial charge in [0.2, 0.25) is 0 Å². The van der Waals surface area contributed by atoms with Gasteiger partial charge in [0.25, 0.3) is 15.9 Å². The first-order chi connectivity index (χ1) is 17.4. The van der Waals surface area contributed by atoms with Gasteiger partial charge in [-0.15, -0.1) is 0 Å². The molecule has 0 saturated heterocycles. The summed E-state index contributed by atoms with van der Waals surface area (Å²) in [7, 11) is -2.20. The van der Waals surface area contributed by atoms with Gasteiger partial charge in [0, 0.05) is 31.2 Å². The van der Waals surface area contributed by atoms with E-state index in [0.29, 0.717) is 0 Å². The normalized spacial score (nSPS) is 18.8. The Hall–Kier alpha value is -3.31. The van der Waals surface area contributed by atoms with Crippen LogP contribution in [-0.2, 0) is 10.0 Å². The molecule has 0 fully saturated rings. The number of benzene rings is 2. The first-order valence-electron chi connectivity index (χ1n) is 12.2. The van der Waals surface area contributed by atoms with Crippen molar-refractivity contribution in [3.05, 3.63) is 54.1 Å². The van der Waals surface area contributed by atoms with E-state index in [4.69, 9.17) is 4.74 Å². The highest BCUT2D eigenvalue weighted by molar-refractivity contribution is 7.92. The SMILES string of the molecule is CC(C)NC(=O)N(C)C[C@@H]1Oc2ccc(NS(=O)(=O)c3ccccc3)cc2C(=O)N([C@@H](C)CO)C[C@@H]1C. The maximum atomic E-state index is 13.6. The molecular formula is C26H36N4O6S. The van der Waals surface area contributed by atoms with Crippen molar-refractivity contribution in [1.29, 1.82) is 0 Å². The summed E-state index contributed by atoms with van der Waals surface area (Å²) in [6.45, 7) is 7.72. The van der Waals surface area contributed by atoms with Gasteiger partial charge in [0.05, 0.1) is 29.7 Å². The largest absolute Gasteiger partial charge is 0.487 e. The molecule has 0 aliphatic carbocycles. The summed E-state index contributed by atoms with van der Waals surface area (Å²) in [4.78, 5) is 29.2. The van der Waals surface area contributed by atoms with Gasteiger partial charge in [0.15, 0.2) is 0 Å². The van der Waals surface area contributed by atoms with Gasteiger partial charge in [0.1, 0.15) is 11.9 Å². The molecule has 0 bridgehead atoms. The van der Waals surface area contributed by atoms with Crippen molar-refractivity contribution in [1.82, 2.24) is 15.1 Å². The van der Waals surface area contributed by atoms with Crippen LogP contribution in [0.5, 0.6) is 5.75 Å². The molecule has 1 heterocycles. The lowest BCUT2D eigenvalue weighted by molar-refractivity contribution is 0.0366. The predicted molar refractivity (Wildman–Crippen MR) is 141 cm³/mol. The van der Waals surface area contributed by atoms with Crippen LogP contribution in [0.1, 0.15) is 38.1 Å². The average Bonchev–Trinajstić information content (AvgIpc) is 2.85. The topological polar surface area (TPSA) is 128 Å². The molecule has 3 amide bonds. The molecule has 2 aromatic rings. The van der Waals surface area contributed by atoms with Crippen molar-refractivity contribution in [3.63, 3.8) is 0 Å². The second kappa shape index (κ2) is 11.8. The molecule has 0 radical (unpaired) electrons. The first-order valence-corrected chi connectivity index (χ1v) is 13.7. The number of aliphatic hydroxyl groups excluding tert-OH is 1. The van der Waals surface area contributed by atoms with Crippen molar-refractivity contribution in [2.24, 2.45) is 5.92 Å². The highest BCUT2D eigenvalue weighted by Crippen LogP contribution is 2.31. The minimum Gasteiger partial charge on any atom is -0.487 e. The number of hydrogen-bond donors (Lipinski definition) is 3. The van der Waals surface area contributed by atoms with Gasteiger partial charge in [-0.3, -0.25) is 9.52 Å². The molecule has 3 N–H and O–H groups in total. The Bertz CT molecular complexity index is 1200. The second-order valence-corrected chi connectivity index (χ2v) is 11.4. The fraction of sp³-hybridized carbons (Fsp3) is 0.462. The molecule has 37 heavy (non-hydrogen) atoms. The number of ether oxygens (including phenoxy) is 1. The van der Waals surface area contributed by atoms with Crippen molar-refractivity contribution in [2.45, 2.75) is 50.8 Å². The second-order valence-electron chi connectivity index (χ2n) is 9.74. The number of nitrogens with zero attached hydrogens (tertiary/aromatic N) is 2. The van der Waals surface area contributed by atoms with Gasteiger partial charge in [-0.2, -0.15) is 0 Å². The Kier molecular flexibility index (Phi) is 9.03. The van der Waals surface area contributed by atoms with Crippen LogP contribution >= 0.6 is 0 Å². The van der Waals surface area contributed by atoms with E-state index in [1.807, 2.05) is 20.8 Å². The Morgan fingerprint density at radius 1 is 1.19 bits per heavy atom. The van der Waals surface area contributed by atoms with E-state index in [2.05, 4.69) is 10.0 Å². The Morgan fingerprint density at radius 2 is 1.86 bits per heavy atom.